The summed E-state index contributed by atoms with van der Waals surface area (Å²) in [5.41, 5.74) is 0. The summed E-state index contributed by atoms with van der Waals surface area (Å²) in [6.07, 6.45) is 9.03. The van der Waals surface area contributed by atoms with E-state index in [-0.39, 0.29) is 32.7 Å². The predicted molar refractivity (Wildman–Crippen MR) is 46.3 cm³/mol. The van der Waals surface area contributed by atoms with Gasteiger partial charge in [0.2, 0.25) is 0 Å². The van der Waals surface area contributed by atoms with E-state index in [0.29, 0.717) is 5.92 Å². The van der Waals surface area contributed by atoms with Gasteiger partial charge in [-0.25, -0.2) is 0 Å². The molecular weight excluding hydrogens is 225 g/mol. The van der Waals surface area contributed by atoms with Crippen LogP contribution in [0.15, 0.2) is 11.2 Å². The third-order valence-electron chi connectivity index (χ3n) is 1.43. The molecule has 0 atom stereocenters. The van der Waals surface area contributed by atoms with Crippen molar-refractivity contribution in [2.45, 2.75) is 20.3 Å². The number of rotatable bonds is 3. The summed E-state index contributed by atoms with van der Waals surface area (Å²) in [6.45, 7) is 6.20. The molecule has 2 nitrogen and oxygen atoms in total. The minimum Gasteiger partial charge on any atom is -0.585 e. The topological polar surface area (TPSA) is 15.6 Å². The van der Waals surface area contributed by atoms with Gasteiger partial charge in [-0.15, -0.1) is 0 Å². The number of allylic oxidation sites excluding steroid dienone is 1. The van der Waals surface area contributed by atoms with E-state index in [1.165, 1.54) is 0 Å². The maximum Gasteiger partial charge on any atom is 0.0339 e. The van der Waals surface area contributed by atoms with E-state index >= 15 is 0 Å². The Bertz CT molecular complexity index is 164. The van der Waals surface area contributed by atoms with Gasteiger partial charge in [0, 0.05) is 45.8 Å². The molecule has 0 saturated carbocycles. The van der Waals surface area contributed by atoms with Crippen LogP contribution in [0.4, 0.5) is 0 Å². The van der Waals surface area contributed by atoms with Crippen LogP contribution in [-0.4, -0.2) is 24.3 Å². The Morgan fingerprint density at radius 1 is 1.67 bits per heavy atom. The van der Waals surface area contributed by atoms with Crippen molar-refractivity contribution in [2.24, 2.45) is 10.9 Å². The minimum absolute atomic E-state index is 0. The second-order valence-corrected chi connectivity index (χ2v) is 3.11. The Morgan fingerprint density at radius 2 is 2.42 bits per heavy atom. The van der Waals surface area contributed by atoms with Crippen molar-refractivity contribution >= 4 is 6.34 Å². The Hall–Kier alpha value is 0.314. The van der Waals surface area contributed by atoms with Crippen molar-refractivity contribution in [1.82, 2.24) is 4.90 Å². The van der Waals surface area contributed by atoms with Crippen molar-refractivity contribution in [3.8, 4) is 0 Å². The van der Waals surface area contributed by atoms with Gasteiger partial charge in [0.25, 0.3) is 0 Å². The second-order valence-electron chi connectivity index (χ2n) is 3.11. The monoisotopic (exact) mass is 239 g/mol. The molecule has 1 aliphatic heterocycles. The predicted octanol–water partition coefficient (Wildman–Crippen LogP) is 1.57. The summed E-state index contributed by atoms with van der Waals surface area (Å²) >= 11 is 0. The zero-order valence-electron chi connectivity index (χ0n) is 7.75. The molecule has 1 radical (unpaired) electrons. The van der Waals surface area contributed by atoms with Crippen molar-refractivity contribution < 1.29 is 32.7 Å². The number of nitrogens with zero attached hydrogens (tertiary/aromatic N) is 2. The summed E-state index contributed by atoms with van der Waals surface area (Å²) in [5.74, 6) is 0.686. The minimum atomic E-state index is 0. The van der Waals surface area contributed by atoms with Crippen LogP contribution in [0, 0.1) is 12.0 Å². The summed E-state index contributed by atoms with van der Waals surface area (Å²) in [7, 11) is 0. The van der Waals surface area contributed by atoms with E-state index < -0.39 is 0 Å². The Labute approximate surface area is 100 Å². The van der Waals surface area contributed by atoms with E-state index in [0.717, 1.165) is 19.5 Å². The van der Waals surface area contributed by atoms with Crippen LogP contribution in [0.1, 0.15) is 20.3 Å². The van der Waals surface area contributed by atoms with E-state index in [4.69, 9.17) is 0 Å². The van der Waals surface area contributed by atoms with Crippen LogP contribution in [0.2, 0.25) is 0 Å². The molecule has 0 aliphatic carbocycles. The van der Waals surface area contributed by atoms with Crippen LogP contribution in [0.3, 0.4) is 0 Å². The smallest absolute Gasteiger partial charge is 0.0339 e. The van der Waals surface area contributed by atoms with E-state index in [9.17, 15) is 0 Å². The first kappa shape index (κ1) is 12.3. The van der Waals surface area contributed by atoms with Crippen LogP contribution in [0.5, 0.6) is 0 Å². The van der Waals surface area contributed by atoms with Gasteiger partial charge in [-0.05, 0) is 0 Å². The normalized spacial score (nSPS) is 16.1. The quantitative estimate of drug-likeness (QED) is 0.682. The number of hydrogen-bond acceptors (Lipinski definition) is 2. The molecule has 0 N–H and O–H groups in total. The molecule has 0 bridgehead atoms. The van der Waals surface area contributed by atoms with E-state index in [2.05, 4.69) is 31.3 Å². The van der Waals surface area contributed by atoms with Crippen LogP contribution in [0.25, 0.3) is 0 Å². The van der Waals surface area contributed by atoms with Crippen LogP contribution < -0.4 is 0 Å². The fraction of sp³-hybridized carbons (Fsp3) is 0.667. The van der Waals surface area contributed by atoms with Gasteiger partial charge < -0.3 is 22.2 Å². The summed E-state index contributed by atoms with van der Waals surface area (Å²) in [5, 5.41) is 0. The standard InChI is InChI=1S/C9H14N2.Y/c1-9(2)4-3-6-11-7-5-10-8-11;/h6,9H,4-5,7H2,1-2H3;/q-2;. The molecule has 0 aromatic carbocycles. The van der Waals surface area contributed by atoms with Crippen LogP contribution in [-0.2, 0) is 32.7 Å². The molecule has 0 saturated heterocycles. The molecule has 1 rings (SSSR count). The van der Waals surface area contributed by atoms with Crippen LogP contribution >= 0.6 is 0 Å². The zero-order chi connectivity index (χ0) is 8.10. The second kappa shape index (κ2) is 6.79. The van der Waals surface area contributed by atoms with Gasteiger partial charge >= 0.3 is 0 Å². The fourth-order valence-electron chi connectivity index (χ4n) is 0.841. The van der Waals surface area contributed by atoms with Crippen molar-refractivity contribution in [3.05, 3.63) is 12.3 Å². The number of hydrogen-bond donors (Lipinski definition) is 0. The molecule has 0 aromatic heterocycles. The molecule has 65 valence electrons. The van der Waals surface area contributed by atoms with E-state index in [1.807, 2.05) is 11.1 Å². The first-order valence-electron chi connectivity index (χ1n) is 4.04. The summed E-state index contributed by atoms with van der Waals surface area (Å²) < 4.78 is 0. The van der Waals surface area contributed by atoms with Gasteiger partial charge in [0.15, 0.2) is 0 Å². The fourth-order valence-corrected chi connectivity index (χ4v) is 0.841. The Balaban J connectivity index is 0.00000121. The van der Waals surface area contributed by atoms with E-state index in [1.54, 1.807) is 0 Å². The maximum absolute atomic E-state index is 3.97. The maximum atomic E-state index is 3.97. The van der Waals surface area contributed by atoms with Gasteiger partial charge in [0.1, 0.15) is 0 Å². The summed E-state index contributed by atoms with van der Waals surface area (Å²) in [4.78, 5) is 5.91. The molecule has 0 aromatic rings. The molecule has 12 heavy (non-hydrogen) atoms. The molecule has 0 spiro atoms. The molecular formula is C9H14N2Y-2. The first-order chi connectivity index (χ1) is 5.29. The van der Waals surface area contributed by atoms with Crippen molar-refractivity contribution in [3.63, 3.8) is 0 Å². The Morgan fingerprint density at radius 3 is 2.92 bits per heavy atom. The largest absolute Gasteiger partial charge is 0.585 e. The van der Waals surface area contributed by atoms with Crippen molar-refractivity contribution in [2.75, 3.05) is 13.1 Å². The average molecular weight is 239 g/mol. The van der Waals surface area contributed by atoms with Gasteiger partial charge in [-0.1, -0.05) is 26.1 Å². The van der Waals surface area contributed by atoms with Gasteiger partial charge in [-0.3, -0.25) is 0 Å². The molecule has 1 heterocycles. The summed E-state index contributed by atoms with van der Waals surface area (Å²) in [6, 6.07) is 0. The molecule has 0 unspecified atom stereocenters. The molecule has 0 amide bonds. The third kappa shape index (κ3) is 5.05. The van der Waals surface area contributed by atoms with Crippen molar-refractivity contribution in [1.29, 1.82) is 0 Å². The number of aliphatic imine (C=N–C) groups is 1. The van der Waals surface area contributed by atoms with Gasteiger partial charge in [-0.2, -0.15) is 6.42 Å². The third-order valence-corrected chi connectivity index (χ3v) is 1.43. The average Bonchev–Trinajstić information content (AvgIpc) is 2.39. The molecule has 1 aliphatic rings. The van der Waals surface area contributed by atoms with Gasteiger partial charge in [0.05, 0.1) is 0 Å². The first-order valence-corrected chi connectivity index (χ1v) is 4.04. The molecule has 0 fully saturated rings. The molecule has 3 heteroatoms. The zero-order valence-corrected chi connectivity index (χ0v) is 10.6. The SMILES string of the molecule is CC(C)C[C-]=CN1[C-]=NCC1.[Y]. The Kier molecular flexibility index (Phi) is 6.97.